The first-order chi connectivity index (χ1) is 11.7. The van der Waals surface area contributed by atoms with Crippen LogP contribution < -0.4 is 0 Å². The molecule has 0 bridgehead atoms. The Bertz CT molecular complexity index is 691. The van der Waals surface area contributed by atoms with E-state index in [0.29, 0.717) is 12.6 Å². The van der Waals surface area contributed by atoms with E-state index in [1.807, 2.05) is 24.0 Å². The van der Waals surface area contributed by atoms with Crippen molar-refractivity contribution in [3.63, 3.8) is 0 Å². The van der Waals surface area contributed by atoms with Crippen LogP contribution in [0.25, 0.3) is 0 Å². The van der Waals surface area contributed by atoms with Crippen LogP contribution in [0.1, 0.15) is 35.1 Å². The lowest BCUT2D eigenvalue weighted by atomic mass is 10.1. The number of aromatic nitrogens is 3. The van der Waals surface area contributed by atoms with Crippen molar-refractivity contribution in [2.75, 3.05) is 20.1 Å². The fourth-order valence-corrected chi connectivity index (χ4v) is 3.14. The third kappa shape index (κ3) is 3.59. The van der Waals surface area contributed by atoms with Crippen molar-refractivity contribution >= 4 is 5.91 Å². The van der Waals surface area contributed by atoms with Crippen LogP contribution in [0.4, 0.5) is 0 Å². The molecular formula is C18H23N5O. The van der Waals surface area contributed by atoms with Crippen molar-refractivity contribution in [2.24, 2.45) is 0 Å². The van der Waals surface area contributed by atoms with Crippen LogP contribution in [0, 0.1) is 0 Å². The van der Waals surface area contributed by atoms with E-state index in [4.69, 9.17) is 0 Å². The van der Waals surface area contributed by atoms with Crippen molar-refractivity contribution < 1.29 is 4.79 Å². The summed E-state index contributed by atoms with van der Waals surface area (Å²) < 4.78 is 0. The summed E-state index contributed by atoms with van der Waals surface area (Å²) in [4.78, 5) is 29.7. The molecule has 1 aliphatic rings. The molecule has 1 saturated heterocycles. The Morgan fingerprint density at radius 3 is 2.88 bits per heavy atom. The minimum Gasteiger partial charge on any atom is -0.337 e. The van der Waals surface area contributed by atoms with Gasteiger partial charge in [-0.3, -0.25) is 14.7 Å². The Morgan fingerprint density at radius 2 is 2.12 bits per heavy atom. The standard InChI is InChI=1S/C18H23N5O/c1-3-14-11-19-9-5-16(14)18(24)23-10-6-15(12-23)22(2)13-17-20-7-4-8-21-17/h4-5,7-9,11,15H,3,6,10,12-13H2,1-2H3. The summed E-state index contributed by atoms with van der Waals surface area (Å²) in [5.74, 6) is 0.924. The zero-order valence-corrected chi connectivity index (χ0v) is 14.2. The molecule has 1 fully saturated rings. The molecule has 0 radical (unpaired) electrons. The number of hydrogen-bond donors (Lipinski definition) is 0. The quantitative estimate of drug-likeness (QED) is 0.838. The fraction of sp³-hybridized carbons (Fsp3) is 0.444. The lowest BCUT2D eigenvalue weighted by molar-refractivity contribution is 0.0778. The number of aryl methyl sites for hydroxylation is 1. The van der Waals surface area contributed by atoms with E-state index in [0.717, 1.165) is 42.9 Å². The Labute approximate surface area is 142 Å². The van der Waals surface area contributed by atoms with Gasteiger partial charge in [-0.15, -0.1) is 0 Å². The third-order valence-electron chi connectivity index (χ3n) is 4.60. The summed E-state index contributed by atoms with van der Waals surface area (Å²) in [6, 6.07) is 3.99. The first kappa shape index (κ1) is 16.5. The van der Waals surface area contributed by atoms with E-state index in [9.17, 15) is 4.79 Å². The third-order valence-corrected chi connectivity index (χ3v) is 4.60. The molecule has 0 spiro atoms. The highest BCUT2D eigenvalue weighted by atomic mass is 16.2. The van der Waals surface area contributed by atoms with Gasteiger partial charge in [-0.05, 0) is 37.6 Å². The molecule has 0 N–H and O–H groups in total. The Morgan fingerprint density at radius 1 is 1.33 bits per heavy atom. The highest BCUT2D eigenvalue weighted by Crippen LogP contribution is 2.19. The van der Waals surface area contributed by atoms with Gasteiger partial charge in [-0.2, -0.15) is 0 Å². The van der Waals surface area contributed by atoms with Crippen LogP contribution >= 0.6 is 0 Å². The SMILES string of the molecule is CCc1cnccc1C(=O)N1CCC(N(C)Cc2ncccn2)C1. The zero-order valence-electron chi connectivity index (χ0n) is 14.2. The average molecular weight is 325 g/mol. The number of nitrogens with zero attached hydrogens (tertiary/aromatic N) is 5. The van der Waals surface area contributed by atoms with Crippen LogP contribution in [-0.2, 0) is 13.0 Å². The summed E-state index contributed by atoms with van der Waals surface area (Å²) in [5.41, 5.74) is 1.79. The van der Waals surface area contributed by atoms with Crippen LogP contribution in [0.5, 0.6) is 0 Å². The number of likely N-dealkylation sites (N-methyl/N-ethyl adjacent to an activating group) is 1. The number of amides is 1. The maximum Gasteiger partial charge on any atom is 0.254 e. The lowest BCUT2D eigenvalue weighted by Crippen LogP contribution is -2.36. The number of likely N-dealkylation sites (tertiary alicyclic amines) is 1. The molecule has 1 atom stereocenters. The molecule has 2 aromatic heterocycles. The number of carbonyl (C=O) groups excluding carboxylic acids is 1. The molecule has 24 heavy (non-hydrogen) atoms. The minimum atomic E-state index is 0.112. The molecule has 0 saturated carbocycles. The van der Waals surface area contributed by atoms with Gasteiger partial charge in [0.15, 0.2) is 0 Å². The Balaban J connectivity index is 1.63. The second-order valence-electron chi connectivity index (χ2n) is 6.16. The number of carbonyl (C=O) groups is 1. The Kier molecular flexibility index (Phi) is 5.15. The molecule has 0 aromatic carbocycles. The molecule has 1 unspecified atom stereocenters. The molecular weight excluding hydrogens is 302 g/mol. The van der Waals surface area contributed by atoms with Gasteiger partial charge in [-0.25, -0.2) is 9.97 Å². The number of rotatable bonds is 5. The molecule has 1 amide bonds. The average Bonchev–Trinajstić information content (AvgIpc) is 3.12. The molecule has 2 aromatic rings. The van der Waals surface area contributed by atoms with Gasteiger partial charge in [0, 0.05) is 49.5 Å². The molecule has 3 heterocycles. The Hall–Kier alpha value is -2.34. The largest absolute Gasteiger partial charge is 0.337 e. The molecule has 1 aliphatic heterocycles. The number of pyridine rings is 1. The first-order valence-electron chi connectivity index (χ1n) is 8.37. The van der Waals surface area contributed by atoms with Gasteiger partial charge in [0.05, 0.1) is 6.54 Å². The highest BCUT2D eigenvalue weighted by molar-refractivity contribution is 5.95. The van der Waals surface area contributed by atoms with E-state index in [-0.39, 0.29) is 5.91 Å². The van der Waals surface area contributed by atoms with Gasteiger partial charge in [0.25, 0.3) is 5.91 Å². The van der Waals surface area contributed by atoms with Crippen LogP contribution in [0.3, 0.4) is 0 Å². The molecule has 126 valence electrons. The second-order valence-corrected chi connectivity index (χ2v) is 6.16. The van der Waals surface area contributed by atoms with Crippen molar-refractivity contribution in [3.05, 3.63) is 53.9 Å². The lowest BCUT2D eigenvalue weighted by Gasteiger charge is -2.24. The summed E-state index contributed by atoms with van der Waals surface area (Å²) in [6.45, 7) is 4.28. The van der Waals surface area contributed by atoms with E-state index in [2.05, 4.69) is 26.9 Å². The molecule has 3 rings (SSSR count). The van der Waals surface area contributed by atoms with E-state index >= 15 is 0 Å². The van der Waals surface area contributed by atoms with Crippen molar-refractivity contribution in [3.8, 4) is 0 Å². The van der Waals surface area contributed by atoms with Crippen LogP contribution in [0.15, 0.2) is 36.9 Å². The van der Waals surface area contributed by atoms with E-state index < -0.39 is 0 Å². The maximum absolute atomic E-state index is 12.8. The van der Waals surface area contributed by atoms with E-state index in [1.54, 1.807) is 24.8 Å². The second kappa shape index (κ2) is 7.49. The number of hydrogen-bond acceptors (Lipinski definition) is 5. The topological polar surface area (TPSA) is 62.2 Å². The predicted octanol–water partition coefficient (Wildman–Crippen LogP) is 1.78. The summed E-state index contributed by atoms with van der Waals surface area (Å²) in [5, 5.41) is 0. The molecule has 6 heteroatoms. The monoisotopic (exact) mass is 325 g/mol. The molecule has 6 nitrogen and oxygen atoms in total. The first-order valence-corrected chi connectivity index (χ1v) is 8.37. The molecule has 0 aliphatic carbocycles. The van der Waals surface area contributed by atoms with Crippen molar-refractivity contribution in [1.82, 2.24) is 24.8 Å². The van der Waals surface area contributed by atoms with Crippen molar-refractivity contribution in [2.45, 2.75) is 32.4 Å². The van der Waals surface area contributed by atoms with Gasteiger partial charge in [0.2, 0.25) is 0 Å². The zero-order chi connectivity index (χ0) is 16.9. The van der Waals surface area contributed by atoms with Gasteiger partial charge >= 0.3 is 0 Å². The summed E-state index contributed by atoms with van der Waals surface area (Å²) in [7, 11) is 2.07. The highest BCUT2D eigenvalue weighted by Gasteiger charge is 2.30. The van der Waals surface area contributed by atoms with E-state index in [1.165, 1.54) is 0 Å². The van der Waals surface area contributed by atoms with Gasteiger partial charge < -0.3 is 4.90 Å². The predicted molar refractivity (Wildman–Crippen MR) is 91.4 cm³/mol. The van der Waals surface area contributed by atoms with Gasteiger partial charge in [0.1, 0.15) is 5.82 Å². The minimum absolute atomic E-state index is 0.112. The smallest absolute Gasteiger partial charge is 0.254 e. The maximum atomic E-state index is 12.8. The summed E-state index contributed by atoms with van der Waals surface area (Å²) >= 11 is 0. The van der Waals surface area contributed by atoms with Gasteiger partial charge in [-0.1, -0.05) is 6.92 Å². The van der Waals surface area contributed by atoms with Crippen LogP contribution in [-0.4, -0.2) is 56.8 Å². The van der Waals surface area contributed by atoms with Crippen LogP contribution in [0.2, 0.25) is 0 Å². The fourth-order valence-electron chi connectivity index (χ4n) is 3.14. The normalized spacial score (nSPS) is 17.5. The van der Waals surface area contributed by atoms with Crippen molar-refractivity contribution in [1.29, 1.82) is 0 Å². The summed E-state index contributed by atoms with van der Waals surface area (Å²) in [6.07, 6.45) is 8.80.